The van der Waals surface area contributed by atoms with Crippen LogP contribution >= 0.6 is 0 Å². The third kappa shape index (κ3) is 71.6. The van der Waals surface area contributed by atoms with Crippen LogP contribution < -0.4 is 317 Å². The van der Waals surface area contributed by atoms with E-state index in [4.69, 9.17) is 184 Å². The van der Waals surface area contributed by atoms with Crippen molar-refractivity contribution in [3.63, 3.8) is 0 Å². The van der Waals surface area contributed by atoms with Gasteiger partial charge in [0.05, 0.1) is 26.4 Å². The van der Waals surface area contributed by atoms with E-state index in [0.29, 0.717) is 0 Å². The van der Waals surface area contributed by atoms with Gasteiger partial charge in [-0.25, -0.2) is 76.2 Å². The third-order valence-corrected chi connectivity index (χ3v) is 16.6. The Morgan fingerprint density at radius 1 is 0.321 bits per heavy atom. The topological polar surface area (TPSA) is 1070 Å². The van der Waals surface area contributed by atoms with Crippen molar-refractivity contribution < 1.29 is 589 Å². The van der Waals surface area contributed by atoms with Crippen LogP contribution in [0.5, 0.6) is 0 Å². The number of nitrogens with one attached hydrogen (secondary N) is 4. The van der Waals surface area contributed by atoms with E-state index in [1.807, 2.05) is 0 Å². The summed E-state index contributed by atoms with van der Waals surface area (Å²) in [5.74, 6) is -2.97. The number of hydrogen-bond donors (Lipinski definition) is 19. The Morgan fingerprint density at radius 3 is 0.693 bits per heavy atom. The van der Waals surface area contributed by atoms with Crippen LogP contribution in [0, 0.1) is 52.1 Å². The minimum atomic E-state index is -5.55. The monoisotopic (exact) mass is 2250 g/mol. The zero-order chi connectivity index (χ0) is 101. The maximum absolute atomic E-state index is 12.7. The third-order valence-electron chi connectivity index (χ3n) is 15.7. The Kier molecular flexibility index (Phi) is 98.4. The molecule has 0 aliphatic carbocycles. The van der Waals surface area contributed by atoms with Gasteiger partial charge in [0.2, 0.25) is 86.0 Å². The van der Waals surface area contributed by atoms with E-state index in [9.17, 15) is 101 Å². The first-order valence-corrected chi connectivity index (χ1v) is 42.3. The van der Waals surface area contributed by atoms with Gasteiger partial charge in [-0.2, -0.15) is 64.8 Å². The number of carbonyl (C=O) groups excluding carboxylic acids is 12. The van der Waals surface area contributed by atoms with E-state index in [-0.39, 0.29) is 320 Å². The zero-order valence-electron chi connectivity index (χ0n) is 75.7. The van der Waals surface area contributed by atoms with Crippen molar-refractivity contribution in [2.45, 2.75) is 224 Å². The molecule has 32 atom stereocenters. The van der Waals surface area contributed by atoms with Crippen LogP contribution in [-0.2, 0) is 204 Å². The quantitative estimate of drug-likeness (QED) is 0.0157. The zero-order valence-corrected chi connectivity index (χ0v) is 101. The van der Waals surface area contributed by atoms with Crippen LogP contribution in [0.3, 0.4) is 0 Å². The predicted molar refractivity (Wildman–Crippen MR) is 369 cm³/mol. The fraction of sp³-hybridized carbons (Fsp3) is 0.719. The summed E-state index contributed by atoms with van der Waals surface area (Å²) in [6.45, 7) is 3.57. The first-order chi connectivity index (χ1) is 59.8. The summed E-state index contributed by atoms with van der Waals surface area (Å²) < 4.78 is 302. The van der Waals surface area contributed by atoms with Crippen molar-refractivity contribution in [1.82, 2.24) is 21.3 Å². The van der Waals surface area contributed by atoms with Crippen LogP contribution in [0.4, 0.5) is 0 Å². The number of aliphatic hydroxyl groups is 11. The van der Waals surface area contributed by atoms with Gasteiger partial charge in [0.25, 0.3) is 0 Å². The van der Waals surface area contributed by atoms with E-state index in [1.165, 1.54) is 14.0 Å². The molecule has 8 aliphatic rings. The van der Waals surface area contributed by atoms with Gasteiger partial charge in [-0.05, 0) is 24.4 Å². The molecule has 0 radical (unpaired) electrons. The smallest absolute Gasteiger partial charge is 0.726 e. The fourth-order valence-electron chi connectivity index (χ4n) is 11.3. The molecule has 0 aromatic rings. The maximum Gasteiger partial charge on any atom is 1.00 e. The first-order valence-electron chi connectivity index (χ1n) is 34.2. The van der Waals surface area contributed by atoms with Gasteiger partial charge in [-0.3, -0.25) is 45.8 Å². The first kappa shape index (κ1) is 166. The van der Waals surface area contributed by atoms with E-state index in [0.717, 1.165) is 72.9 Å². The molecular weight excluding hydrogens is 2170 g/mol. The Morgan fingerprint density at radius 2 is 0.507 bits per heavy atom. The molecule has 758 valence electrons. The second kappa shape index (κ2) is 83.0. The van der Waals surface area contributed by atoms with Crippen molar-refractivity contribution in [1.29, 1.82) is 0 Å². The second-order valence-corrected chi connectivity index (χ2v) is 30.6. The van der Waals surface area contributed by atoms with Gasteiger partial charge >= 0.3 is 320 Å². The van der Waals surface area contributed by atoms with Gasteiger partial charge in [0, 0.05) is 60.0 Å². The average molecular weight is 2250 g/mol. The molecule has 67 nitrogen and oxygen atoms in total. The van der Waals surface area contributed by atoms with Crippen LogP contribution in [0.25, 0.3) is 0 Å². The summed E-state index contributed by atoms with van der Waals surface area (Å²) in [4.78, 5) is 115. The molecule has 8 rings (SSSR count). The van der Waals surface area contributed by atoms with Gasteiger partial charge in [0.15, 0.2) is 25.2 Å². The Bertz CT molecular complexity index is 4140. The molecule has 0 saturated carbocycles. The molecule has 140 heavy (non-hydrogen) atoms. The Hall–Kier alpha value is 3.54. The molecule has 4 amide bonds. The predicted octanol–water partition coefficient (Wildman–Crippen LogP) is -48.0. The van der Waals surface area contributed by atoms with E-state index in [1.54, 1.807) is 0 Å². The summed E-state index contributed by atoms with van der Waals surface area (Å²) >= 11 is 0. The van der Waals surface area contributed by atoms with Crippen LogP contribution in [0.2, 0.25) is 0 Å². The largest absolute Gasteiger partial charge is 1.00 e. The normalized spacial score (nSPS) is 32.4. The molecule has 8 heterocycles. The molecule has 83 heteroatoms. The van der Waals surface area contributed by atoms with Crippen LogP contribution in [0.15, 0.2) is 0 Å². The maximum atomic E-state index is 12.7. The standard InChI is InChI=1S/C53H80N4O39S2.4CO2.10Na.4H2O4S/c1-18(60)54-38-42(69)46(27(10-58)86-50(38)79-5)93-35-7-23(65)29(13-81-35)88-51-39(55-19(2)61)43(70)47(28(11-59)87-51)94-36-8-24(66)30(14-82-36)89-53-41(57-21(4)63)45(72)49(33(92-53)17-85-98(76,77)78)96-37-9-25(67)31(15-83-37)90-52-40(56-20(3)62)44(71)48(32(91-52)16-84-97(73,74)75)95-34-6-22(64)26(68)12-80-34;4*2-1-3;;;;;;;;;;;4*1-5(2,3)4/h6-9,12-15,22-53,58-59,64-72H,10-11,16-17H2,1-5H3,(H,54,60)(H,55,61)(H,56,62)(H,57,63)(H,73,74,75)(H,76,77,78);;;;;;;;;;;;;;;4*(H2,1,2,3,4)/q-8;;;;;10*+1;;;;/p-6/t22-,23-,24-,25-,26+,27?,28?,29-,30-,31-,32?,33?,34-,35-,36-,37-,38?,39?,40?,41?,42+,43+,44+,45+,46+,47+,48+,49+,50-,51-,52+,53+;;;;;;;;;;;;;;;;;;/m0................../s1. The van der Waals surface area contributed by atoms with Gasteiger partial charge < -0.3 is 181 Å². The van der Waals surface area contributed by atoms with Crippen molar-refractivity contribution in [3.8, 4) is 0 Å². The molecule has 8 fully saturated rings. The van der Waals surface area contributed by atoms with Crippen molar-refractivity contribution >= 4 is 111 Å². The minimum Gasteiger partial charge on any atom is -0.726 e. The van der Waals surface area contributed by atoms with Crippen molar-refractivity contribution in [3.05, 3.63) is 52.1 Å². The van der Waals surface area contributed by atoms with Gasteiger partial charge in [0.1, 0.15) is 97.4 Å². The summed E-state index contributed by atoms with van der Waals surface area (Å²) in [5.41, 5.74) is 0. The number of ether oxygens (including phenoxy) is 16. The second-order valence-electron chi connectivity index (χ2n) is 25.1. The molecule has 0 aromatic carbocycles. The van der Waals surface area contributed by atoms with Crippen LogP contribution in [0.1, 0.15) is 27.7 Å². The van der Waals surface area contributed by atoms with Crippen molar-refractivity contribution in [2.75, 3.05) is 33.5 Å². The summed E-state index contributed by atoms with van der Waals surface area (Å²) in [5, 5.41) is 131. The number of amides is 4. The Balaban J connectivity index is -0.000000384. The molecule has 0 spiro atoms. The summed E-state index contributed by atoms with van der Waals surface area (Å²) in [6.07, 6.45) is -42.1. The summed E-state index contributed by atoms with van der Waals surface area (Å²) in [6, 6.07) is -6.16. The molecule has 0 aromatic heterocycles. The number of rotatable bonds is 27. The Labute approximate surface area is 1020 Å². The molecular formula is C57H82N4Na10O63S6-4. The van der Waals surface area contributed by atoms with E-state index >= 15 is 0 Å². The molecule has 8 unspecified atom stereocenters. The van der Waals surface area contributed by atoms with Crippen LogP contribution in [-0.4, -0.2) is 431 Å². The fourth-order valence-corrected chi connectivity index (χ4v) is 11.9. The van der Waals surface area contributed by atoms with Gasteiger partial charge in [-0.15, -0.1) is 0 Å². The number of hydrogen-bond acceptors (Lipinski definition) is 59. The molecule has 8 aliphatic heterocycles. The van der Waals surface area contributed by atoms with E-state index < -0.39 is 309 Å². The van der Waals surface area contributed by atoms with E-state index in [2.05, 4.69) is 29.6 Å². The minimum absolute atomic E-state index is 0. The number of aliphatic hydroxyl groups excluding tert-OH is 11. The molecule has 19 N–H and O–H groups in total. The van der Waals surface area contributed by atoms with Crippen molar-refractivity contribution in [2.24, 2.45) is 0 Å². The SMILES string of the molecule is CO[C@H]1OC(CO)[C@@H](O[C@H]2[CH-][C@H](O)[C@@H](O[C@@H]3OC(CO)[C@@H](O[C@H]4[CH-][C@H](O)[C@@H](O[C@@H]5OC(COS(=O)(=O)[O-])[C@@H](O[C@H]6[CH-][C@H](O)[C@@H](O[C@@H]7OC(COS(=O)(=O)[O-])[C@@H](O[C@H]8[CH-][C@H](O)[C@H](O)[CH-]O8)[C@H](O)C7NC(C)=O)[CH-]O6)[C@H](O)C5NC(C)=O)[CH-]O4)[C@H](O)C3NC(C)=O)[CH-]O2)[C@H](O)C1NC(C)=O.O=C=O.O=C=O.O=C=O.O=C=O.O=S(=O)([O-])O.O=S(=O)([O-])O.O=S(=O)([O-])O.O=S(=O)([O-])O.[Na+].[Na+].[Na+].[Na+].[Na+].[Na+].[Na+].[Na+].[Na+].[Na+]. The van der Waals surface area contributed by atoms with Gasteiger partial charge in [-0.1, -0.05) is 24.4 Å². The average Bonchev–Trinajstić information content (AvgIpc) is 0.785. The number of carbonyl (C=O) groups is 4. The number of methoxy groups -OCH3 is 1. The molecule has 8 saturated heterocycles. The summed E-state index contributed by atoms with van der Waals surface area (Å²) in [7, 11) is -29.4. The molecule has 0 bridgehead atoms.